The summed E-state index contributed by atoms with van der Waals surface area (Å²) in [5, 5.41) is 0. The highest BCUT2D eigenvalue weighted by Crippen LogP contribution is 2.14. The molecule has 1 amide bonds. The number of carbonyl (C=O) groups excluding carboxylic acids is 2. The lowest BCUT2D eigenvalue weighted by atomic mass is 10.1. The molecule has 5 nitrogen and oxygen atoms in total. The number of esters is 1. The standard InChI is InChI=1S/C16H23NO4/c1-12(2)16(19)17(10-9-15(18)21-4)11-13-5-7-14(20-3)8-6-13/h5-8,12H,9-11H2,1-4H3. The molecule has 1 aromatic carbocycles. The lowest BCUT2D eigenvalue weighted by Crippen LogP contribution is -2.35. The zero-order valence-electron chi connectivity index (χ0n) is 13.1. The molecule has 0 saturated heterocycles. The van der Waals surface area contributed by atoms with Crippen LogP contribution in [0.3, 0.4) is 0 Å². The fourth-order valence-corrected chi connectivity index (χ4v) is 1.91. The van der Waals surface area contributed by atoms with E-state index in [4.69, 9.17) is 4.74 Å². The van der Waals surface area contributed by atoms with Crippen LogP contribution in [-0.2, 0) is 20.9 Å². The third-order valence-corrected chi connectivity index (χ3v) is 3.15. The zero-order valence-corrected chi connectivity index (χ0v) is 13.1. The van der Waals surface area contributed by atoms with E-state index in [-0.39, 0.29) is 24.2 Å². The molecule has 0 aliphatic rings. The second-order valence-corrected chi connectivity index (χ2v) is 5.09. The van der Waals surface area contributed by atoms with E-state index in [1.54, 1.807) is 12.0 Å². The maximum atomic E-state index is 12.2. The number of methoxy groups -OCH3 is 2. The van der Waals surface area contributed by atoms with Gasteiger partial charge in [-0.15, -0.1) is 0 Å². The van der Waals surface area contributed by atoms with E-state index in [1.807, 2.05) is 38.1 Å². The number of hydrogen-bond donors (Lipinski definition) is 0. The Labute approximate surface area is 125 Å². The Morgan fingerprint density at radius 2 is 1.76 bits per heavy atom. The van der Waals surface area contributed by atoms with Crippen molar-refractivity contribution in [3.63, 3.8) is 0 Å². The number of ether oxygens (including phenoxy) is 2. The van der Waals surface area contributed by atoms with Gasteiger partial charge in [0.2, 0.25) is 5.91 Å². The Morgan fingerprint density at radius 3 is 2.24 bits per heavy atom. The van der Waals surface area contributed by atoms with E-state index in [0.717, 1.165) is 11.3 Å². The highest BCUT2D eigenvalue weighted by atomic mass is 16.5. The molecule has 0 saturated carbocycles. The molecule has 21 heavy (non-hydrogen) atoms. The van der Waals surface area contributed by atoms with Crippen molar-refractivity contribution in [3.8, 4) is 5.75 Å². The summed E-state index contributed by atoms with van der Waals surface area (Å²) in [6, 6.07) is 7.54. The van der Waals surface area contributed by atoms with Crippen LogP contribution in [0.2, 0.25) is 0 Å². The molecule has 0 unspecified atom stereocenters. The van der Waals surface area contributed by atoms with Crippen LogP contribution in [0.4, 0.5) is 0 Å². The van der Waals surface area contributed by atoms with Crippen molar-refractivity contribution in [2.24, 2.45) is 5.92 Å². The van der Waals surface area contributed by atoms with Gasteiger partial charge in [0.15, 0.2) is 0 Å². The molecule has 1 rings (SSSR count). The van der Waals surface area contributed by atoms with E-state index in [0.29, 0.717) is 13.1 Å². The van der Waals surface area contributed by atoms with Crippen molar-refractivity contribution in [2.75, 3.05) is 20.8 Å². The van der Waals surface area contributed by atoms with Crippen molar-refractivity contribution in [1.82, 2.24) is 4.90 Å². The quantitative estimate of drug-likeness (QED) is 0.724. The largest absolute Gasteiger partial charge is 0.497 e. The molecule has 0 radical (unpaired) electrons. The number of amides is 1. The summed E-state index contributed by atoms with van der Waals surface area (Å²) in [7, 11) is 2.96. The monoisotopic (exact) mass is 293 g/mol. The second-order valence-electron chi connectivity index (χ2n) is 5.09. The summed E-state index contributed by atoms with van der Waals surface area (Å²) in [5.41, 5.74) is 0.995. The van der Waals surface area contributed by atoms with Crippen LogP contribution in [-0.4, -0.2) is 37.5 Å². The van der Waals surface area contributed by atoms with Gasteiger partial charge in [0.1, 0.15) is 5.75 Å². The van der Waals surface area contributed by atoms with Crippen molar-refractivity contribution < 1.29 is 19.1 Å². The summed E-state index contributed by atoms with van der Waals surface area (Å²) in [6.07, 6.45) is 0.200. The second kappa shape index (κ2) is 8.29. The van der Waals surface area contributed by atoms with Crippen LogP contribution < -0.4 is 4.74 Å². The highest BCUT2D eigenvalue weighted by molar-refractivity contribution is 5.79. The first-order valence-electron chi connectivity index (χ1n) is 6.96. The van der Waals surface area contributed by atoms with Gasteiger partial charge in [-0.05, 0) is 17.7 Å². The molecule has 0 aromatic heterocycles. The number of benzene rings is 1. The van der Waals surface area contributed by atoms with Gasteiger partial charge < -0.3 is 14.4 Å². The molecule has 0 aliphatic heterocycles. The molecular weight excluding hydrogens is 270 g/mol. The van der Waals surface area contributed by atoms with E-state index < -0.39 is 0 Å². The molecule has 0 heterocycles. The normalized spacial score (nSPS) is 10.3. The molecule has 0 bridgehead atoms. The highest BCUT2D eigenvalue weighted by Gasteiger charge is 2.18. The zero-order chi connectivity index (χ0) is 15.8. The molecule has 0 N–H and O–H groups in total. The van der Waals surface area contributed by atoms with Crippen LogP contribution in [0, 0.1) is 5.92 Å². The SMILES string of the molecule is COC(=O)CCN(Cc1ccc(OC)cc1)C(=O)C(C)C. The van der Waals surface area contributed by atoms with Gasteiger partial charge in [0, 0.05) is 19.0 Å². The van der Waals surface area contributed by atoms with Gasteiger partial charge in [0.05, 0.1) is 20.6 Å². The van der Waals surface area contributed by atoms with Gasteiger partial charge >= 0.3 is 5.97 Å². The Morgan fingerprint density at radius 1 is 1.14 bits per heavy atom. The molecule has 1 aromatic rings. The van der Waals surface area contributed by atoms with Crippen LogP contribution in [0.5, 0.6) is 5.75 Å². The minimum Gasteiger partial charge on any atom is -0.497 e. The van der Waals surface area contributed by atoms with Crippen LogP contribution in [0.25, 0.3) is 0 Å². The van der Waals surface area contributed by atoms with Crippen LogP contribution in [0.1, 0.15) is 25.8 Å². The maximum absolute atomic E-state index is 12.2. The fourth-order valence-electron chi connectivity index (χ4n) is 1.91. The number of nitrogens with zero attached hydrogens (tertiary/aromatic N) is 1. The third-order valence-electron chi connectivity index (χ3n) is 3.15. The average molecular weight is 293 g/mol. The van der Waals surface area contributed by atoms with E-state index in [1.165, 1.54) is 7.11 Å². The molecule has 0 spiro atoms. The predicted molar refractivity (Wildman–Crippen MR) is 79.9 cm³/mol. The van der Waals surface area contributed by atoms with Gasteiger partial charge in [0.25, 0.3) is 0 Å². The van der Waals surface area contributed by atoms with E-state index in [9.17, 15) is 9.59 Å². The summed E-state index contributed by atoms with van der Waals surface area (Å²) < 4.78 is 9.74. The molecule has 0 atom stereocenters. The summed E-state index contributed by atoms with van der Waals surface area (Å²) in [4.78, 5) is 25.2. The Hall–Kier alpha value is -2.04. The summed E-state index contributed by atoms with van der Waals surface area (Å²) >= 11 is 0. The van der Waals surface area contributed by atoms with Crippen molar-refractivity contribution in [3.05, 3.63) is 29.8 Å². The first-order chi connectivity index (χ1) is 9.97. The minimum absolute atomic E-state index is 0.0229. The van der Waals surface area contributed by atoms with Crippen LogP contribution in [0.15, 0.2) is 24.3 Å². The van der Waals surface area contributed by atoms with Gasteiger partial charge in [-0.2, -0.15) is 0 Å². The molecule has 0 fully saturated rings. The fraction of sp³-hybridized carbons (Fsp3) is 0.500. The lowest BCUT2D eigenvalue weighted by molar-refractivity contribution is -0.142. The molecule has 0 aliphatic carbocycles. The molecule has 5 heteroatoms. The van der Waals surface area contributed by atoms with Gasteiger partial charge in [-0.25, -0.2) is 0 Å². The molecule has 116 valence electrons. The summed E-state index contributed by atoms with van der Waals surface area (Å²) in [6.45, 7) is 4.52. The first kappa shape index (κ1) is 17.0. The first-order valence-corrected chi connectivity index (χ1v) is 6.96. The summed E-state index contributed by atoms with van der Waals surface area (Å²) in [5.74, 6) is 0.372. The predicted octanol–water partition coefficient (Wildman–Crippen LogP) is 2.24. The maximum Gasteiger partial charge on any atom is 0.307 e. The average Bonchev–Trinajstić information content (AvgIpc) is 2.50. The Balaban J connectivity index is 2.75. The lowest BCUT2D eigenvalue weighted by Gasteiger charge is -2.24. The van der Waals surface area contributed by atoms with Crippen molar-refractivity contribution >= 4 is 11.9 Å². The Kier molecular flexibility index (Phi) is 6.72. The van der Waals surface area contributed by atoms with Crippen molar-refractivity contribution in [2.45, 2.75) is 26.8 Å². The smallest absolute Gasteiger partial charge is 0.307 e. The topological polar surface area (TPSA) is 55.8 Å². The minimum atomic E-state index is -0.314. The Bertz CT molecular complexity index is 468. The van der Waals surface area contributed by atoms with Gasteiger partial charge in [-0.3, -0.25) is 9.59 Å². The number of carbonyl (C=O) groups is 2. The van der Waals surface area contributed by atoms with E-state index >= 15 is 0 Å². The molecular formula is C16H23NO4. The van der Waals surface area contributed by atoms with E-state index in [2.05, 4.69) is 4.74 Å². The number of rotatable bonds is 7. The van der Waals surface area contributed by atoms with Gasteiger partial charge in [-0.1, -0.05) is 26.0 Å². The number of hydrogen-bond acceptors (Lipinski definition) is 4. The van der Waals surface area contributed by atoms with Crippen LogP contribution >= 0.6 is 0 Å². The third kappa shape index (κ3) is 5.45. The van der Waals surface area contributed by atoms with Crippen molar-refractivity contribution in [1.29, 1.82) is 0 Å².